The van der Waals surface area contributed by atoms with E-state index in [1.165, 1.54) is 12.0 Å². The maximum Gasteiger partial charge on any atom is 0.490 e. The Morgan fingerprint density at radius 3 is 2.55 bits per heavy atom. The zero-order valence-electron chi connectivity index (χ0n) is 16.8. The third-order valence-electron chi connectivity index (χ3n) is 5.64. The summed E-state index contributed by atoms with van der Waals surface area (Å²) in [6.07, 6.45) is -6.11. The number of nitrogens with zero attached hydrogens (tertiary/aromatic N) is 2. The van der Waals surface area contributed by atoms with Gasteiger partial charge in [0.15, 0.2) is 6.23 Å². The van der Waals surface area contributed by atoms with Crippen molar-refractivity contribution in [1.82, 2.24) is 9.80 Å². The fraction of sp³-hybridized carbons (Fsp3) is 0.364. The minimum absolute atomic E-state index is 0.249. The Bertz CT molecular complexity index is 980. The number of methoxy groups -OCH3 is 1. The lowest BCUT2D eigenvalue weighted by Gasteiger charge is -2.48. The predicted molar refractivity (Wildman–Crippen MR) is 104 cm³/mol. The first-order valence-electron chi connectivity index (χ1n) is 9.81. The van der Waals surface area contributed by atoms with E-state index >= 15 is 0 Å². The number of ether oxygens (including phenoxy) is 2. The number of carbonyl (C=O) groups is 2. The number of rotatable bonds is 4. The zero-order valence-corrected chi connectivity index (χ0v) is 16.8. The van der Waals surface area contributed by atoms with Gasteiger partial charge in [-0.05, 0) is 35.7 Å². The smallest absolute Gasteiger partial charge is 0.490 e. The van der Waals surface area contributed by atoms with Crippen molar-refractivity contribution in [1.29, 1.82) is 0 Å². The molecule has 2 heterocycles. The van der Waals surface area contributed by atoms with Gasteiger partial charge in [0.25, 0.3) is 5.91 Å². The van der Waals surface area contributed by atoms with Crippen molar-refractivity contribution >= 4 is 11.9 Å². The predicted octanol–water partition coefficient (Wildman–Crippen LogP) is 3.01. The standard InChI is InChI=1S/C22H21F3N2O4/c1-30-16-7-8-17-15(11-16)12-18-20(31-21(29)22(23,24)25)26(9-10-27(18)19(17)28)13-14-5-3-2-4-6-14/h2-8,11,18,20H,9-10,12-13H2,1H3. The van der Waals surface area contributed by atoms with E-state index in [4.69, 9.17) is 9.47 Å². The monoisotopic (exact) mass is 434 g/mol. The third-order valence-corrected chi connectivity index (χ3v) is 5.64. The van der Waals surface area contributed by atoms with Crippen LogP contribution in [0.1, 0.15) is 21.5 Å². The summed E-state index contributed by atoms with van der Waals surface area (Å²) in [4.78, 5) is 28.0. The molecule has 2 aliphatic heterocycles. The zero-order chi connectivity index (χ0) is 22.2. The van der Waals surface area contributed by atoms with Crippen LogP contribution in [0.2, 0.25) is 0 Å². The minimum atomic E-state index is -5.12. The van der Waals surface area contributed by atoms with Crippen molar-refractivity contribution in [2.75, 3.05) is 20.2 Å². The van der Waals surface area contributed by atoms with Crippen molar-refractivity contribution in [2.45, 2.75) is 31.4 Å². The van der Waals surface area contributed by atoms with Crippen LogP contribution in [0.3, 0.4) is 0 Å². The van der Waals surface area contributed by atoms with E-state index in [1.54, 1.807) is 23.1 Å². The van der Waals surface area contributed by atoms with Crippen LogP contribution in [0.25, 0.3) is 0 Å². The maximum atomic E-state index is 13.0. The highest BCUT2D eigenvalue weighted by atomic mass is 19.4. The quantitative estimate of drug-likeness (QED) is 0.693. The van der Waals surface area contributed by atoms with Crippen LogP contribution in [0.4, 0.5) is 13.2 Å². The summed E-state index contributed by atoms with van der Waals surface area (Å²) in [6, 6.07) is 13.5. The Balaban J connectivity index is 1.68. The lowest BCUT2D eigenvalue weighted by molar-refractivity contribution is -0.221. The van der Waals surface area contributed by atoms with Crippen LogP contribution in [0.15, 0.2) is 48.5 Å². The van der Waals surface area contributed by atoms with E-state index < -0.39 is 24.4 Å². The Morgan fingerprint density at radius 2 is 1.87 bits per heavy atom. The van der Waals surface area contributed by atoms with Crippen LogP contribution < -0.4 is 4.74 Å². The second-order valence-corrected chi connectivity index (χ2v) is 7.54. The molecule has 2 atom stereocenters. The van der Waals surface area contributed by atoms with Gasteiger partial charge in [0.2, 0.25) is 0 Å². The molecule has 9 heteroatoms. The molecule has 0 aliphatic carbocycles. The van der Waals surface area contributed by atoms with Crippen molar-refractivity contribution in [3.05, 3.63) is 65.2 Å². The van der Waals surface area contributed by atoms with E-state index in [0.29, 0.717) is 30.0 Å². The molecule has 31 heavy (non-hydrogen) atoms. The number of amides is 1. The highest BCUT2D eigenvalue weighted by molar-refractivity contribution is 5.97. The molecule has 1 fully saturated rings. The van der Waals surface area contributed by atoms with Crippen LogP contribution in [0, 0.1) is 0 Å². The second kappa shape index (κ2) is 8.22. The molecule has 0 N–H and O–H groups in total. The molecule has 2 aliphatic rings. The fourth-order valence-electron chi connectivity index (χ4n) is 4.16. The molecule has 1 amide bonds. The van der Waals surface area contributed by atoms with Crippen LogP contribution in [0.5, 0.6) is 5.75 Å². The number of hydrogen-bond acceptors (Lipinski definition) is 5. The number of esters is 1. The van der Waals surface area contributed by atoms with E-state index in [0.717, 1.165) is 5.56 Å². The van der Waals surface area contributed by atoms with Gasteiger partial charge in [0.05, 0.1) is 13.2 Å². The van der Waals surface area contributed by atoms with Crippen molar-refractivity contribution < 1.29 is 32.2 Å². The average Bonchev–Trinajstić information content (AvgIpc) is 2.75. The fourth-order valence-corrected chi connectivity index (χ4v) is 4.16. The molecular formula is C22H21F3N2O4. The SMILES string of the molecule is COc1ccc2c(c1)CC1C(OC(=O)C(F)(F)F)N(Cc3ccccc3)CCN1C2=O. The molecule has 0 spiro atoms. The summed E-state index contributed by atoms with van der Waals surface area (Å²) < 4.78 is 49.2. The Kier molecular flexibility index (Phi) is 5.62. The summed E-state index contributed by atoms with van der Waals surface area (Å²) >= 11 is 0. The number of fused-ring (bicyclic) bond motifs is 2. The van der Waals surface area contributed by atoms with E-state index in [1.807, 2.05) is 30.3 Å². The third kappa shape index (κ3) is 4.23. The molecule has 2 aromatic carbocycles. The molecule has 164 valence electrons. The molecule has 2 unspecified atom stereocenters. The second-order valence-electron chi connectivity index (χ2n) is 7.54. The molecule has 0 saturated carbocycles. The van der Waals surface area contributed by atoms with Crippen molar-refractivity contribution in [2.24, 2.45) is 0 Å². The molecular weight excluding hydrogens is 413 g/mol. The van der Waals surface area contributed by atoms with Gasteiger partial charge in [0.1, 0.15) is 5.75 Å². The van der Waals surface area contributed by atoms with E-state index in [-0.39, 0.29) is 18.9 Å². The van der Waals surface area contributed by atoms with Gasteiger partial charge in [-0.2, -0.15) is 13.2 Å². The number of hydrogen-bond donors (Lipinski definition) is 0. The first kappa shape index (κ1) is 21.2. The number of benzene rings is 2. The molecule has 0 radical (unpaired) electrons. The molecule has 2 aromatic rings. The maximum absolute atomic E-state index is 13.0. The summed E-state index contributed by atoms with van der Waals surface area (Å²) in [5.74, 6) is -2.01. The number of carbonyl (C=O) groups excluding carboxylic acids is 2. The summed E-state index contributed by atoms with van der Waals surface area (Å²) in [5, 5.41) is 0. The summed E-state index contributed by atoms with van der Waals surface area (Å²) in [6.45, 7) is 0.889. The number of piperazine rings is 1. The number of alkyl halides is 3. The van der Waals surface area contributed by atoms with Gasteiger partial charge < -0.3 is 14.4 Å². The lowest BCUT2D eigenvalue weighted by Crippen LogP contribution is -2.64. The van der Waals surface area contributed by atoms with Crippen LogP contribution >= 0.6 is 0 Å². The van der Waals surface area contributed by atoms with Gasteiger partial charge in [-0.1, -0.05) is 30.3 Å². The normalized spacial score (nSPS) is 21.3. The lowest BCUT2D eigenvalue weighted by atomic mass is 9.90. The molecule has 0 bridgehead atoms. The first-order chi connectivity index (χ1) is 14.8. The first-order valence-corrected chi connectivity index (χ1v) is 9.81. The molecule has 0 aromatic heterocycles. The van der Waals surface area contributed by atoms with Crippen molar-refractivity contribution in [3.63, 3.8) is 0 Å². The summed E-state index contributed by atoms with van der Waals surface area (Å²) in [7, 11) is 1.49. The molecule has 1 saturated heterocycles. The Hall–Kier alpha value is -3.07. The van der Waals surface area contributed by atoms with Crippen molar-refractivity contribution in [3.8, 4) is 5.75 Å². The highest BCUT2D eigenvalue weighted by Crippen LogP contribution is 2.33. The largest absolute Gasteiger partial charge is 0.497 e. The molecule has 4 rings (SSSR count). The number of halogens is 3. The van der Waals surface area contributed by atoms with Gasteiger partial charge in [0, 0.05) is 25.2 Å². The Morgan fingerprint density at radius 1 is 1.13 bits per heavy atom. The summed E-state index contributed by atoms with van der Waals surface area (Å²) in [5.41, 5.74) is 2.00. The van der Waals surface area contributed by atoms with Gasteiger partial charge in [-0.15, -0.1) is 0 Å². The van der Waals surface area contributed by atoms with Gasteiger partial charge in [-0.25, -0.2) is 4.79 Å². The van der Waals surface area contributed by atoms with Crippen LogP contribution in [-0.2, 0) is 22.5 Å². The average molecular weight is 434 g/mol. The van der Waals surface area contributed by atoms with Gasteiger partial charge >= 0.3 is 12.1 Å². The van der Waals surface area contributed by atoms with Crippen LogP contribution in [-0.4, -0.2) is 60.3 Å². The van der Waals surface area contributed by atoms with E-state index in [2.05, 4.69) is 0 Å². The topological polar surface area (TPSA) is 59.1 Å². The minimum Gasteiger partial charge on any atom is -0.497 e. The highest BCUT2D eigenvalue weighted by Gasteiger charge is 2.49. The Labute approximate surface area is 177 Å². The van der Waals surface area contributed by atoms with E-state index in [9.17, 15) is 22.8 Å². The molecule has 6 nitrogen and oxygen atoms in total. The van der Waals surface area contributed by atoms with Gasteiger partial charge in [-0.3, -0.25) is 9.69 Å².